The topological polar surface area (TPSA) is 73.4 Å². The summed E-state index contributed by atoms with van der Waals surface area (Å²) >= 11 is 0. The van der Waals surface area contributed by atoms with Crippen LogP contribution >= 0.6 is 0 Å². The van der Waals surface area contributed by atoms with Crippen molar-refractivity contribution < 1.29 is 14.3 Å². The van der Waals surface area contributed by atoms with Gasteiger partial charge in [0, 0.05) is 31.0 Å². The Morgan fingerprint density at radius 2 is 1.81 bits per heavy atom. The van der Waals surface area contributed by atoms with E-state index in [1.807, 2.05) is 0 Å². The minimum atomic E-state index is -0.475. The van der Waals surface area contributed by atoms with E-state index >= 15 is 0 Å². The van der Waals surface area contributed by atoms with E-state index < -0.39 is 5.82 Å². The Bertz CT molecular complexity index is 609. The molecule has 0 saturated heterocycles. The van der Waals surface area contributed by atoms with Gasteiger partial charge in [-0.15, -0.1) is 0 Å². The highest BCUT2D eigenvalue weighted by Crippen LogP contribution is 2.17. The average Bonchev–Trinajstić information content (AvgIpc) is 2.45. The van der Waals surface area contributed by atoms with Gasteiger partial charge in [-0.05, 0) is 42.0 Å². The van der Waals surface area contributed by atoms with Gasteiger partial charge in [-0.25, -0.2) is 9.18 Å². The lowest BCUT2D eigenvalue weighted by Crippen LogP contribution is -2.24. The van der Waals surface area contributed by atoms with Gasteiger partial charge in [-0.1, -0.05) is 0 Å². The molecule has 110 valence electrons. The predicted octanol–water partition coefficient (Wildman–Crippen LogP) is 2.89. The fourth-order valence-corrected chi connectivity index (χ4v) is 1.80. The number of phenolic OH excluding ortho intramolecular Hbond substituents is 1. The van der Waals surface area contributed by atoms with Crippen LogP contribution in [0.15, 0.2) is 42.5 Å². The van der Waals surface area contributed by atoms with Crippen LogP contribution in [0, 0.1) is 5.82 Å². The lowest BCUT2D eigenvalue weighted by molar-refractivity contribution is 0.254. The molecule has 0 spiro atoms. The quantitative estimate of drug-likeness (QED) is 0.699. The summed E-state index contributed by atoms with van der Waals surface area (Å²) < 4.78 is 13.1. The van der Waals surface area contributed by atoms with Crippen LogP contribution in [-0.4, -0.2) is 18.2 Å². The highest BCUT2D eigenvalue weighted by atomic mass is 19.1. The van der Waals surface area contributed by atoms with Gasteiger partial charge < -0.3 is 21.1 Å². The van der Waals surface area contributed by atoms with E-state index in [-0.39, 0.29) is 11.8 Å². The largest absolute Gasteiger partial charge is 0.508 e. The fraction of sp³-hybridized carbons (Fsp3) is 0.133. The van der Waals surface area contributed by atoms with Crippen LogP contribution < -0.4 is 16.0 Å². The number of phenols is 1. The van der Waals surface area contributed by atoms with Gasteiger partial charge in [0.15, 0.2) is 0 Å². The van der Waals surface area contributed by atoms with Gasteiger partial charge in [0.05, 0.1) is 0 Å². The lowest BCUT2D eigenvalue weighted by Gasteiger charge is -2.09. The summed E-state index contributed by atoms with van der Waals surface area (Å²) in [4.78, 5) is 11.1. The lowest BCUT2D eigenvalue weighted by atomic mass is 10.2. The third-order valence-corrected chi connectivity index (χ3v) is 2.81. The third kappa shape index (κ3) is 4.38. The first kappa shape index (κ1) is 14.6. The molecule has 0 aliphatic heterocycles. The molecule has 0 heterocycles. The van der Waals surface area contributed by atoms with Crippen molar-refractivity contribution in [3.63, 3.8) is 0 Å². The average molecular weight is 289 g/mol. The van der Waals surface area contributed by atoms with Crippen molar-refractivity contribution in [2.24, 2.45) is 0 Å². The van der Waals surface area contributed by atoms with Crippen LogP contribution in [0.5, 0.6) is 5.75 Å². The molecule has 0 aliphatic rings. The molecule has 2 aromatic carbocycles. The van der Waals surface area contributed by atoms with Crippen LogP contribution in [0.4, 0.5) is 20.6 Å². The number of urea groups is 1. The second-order valence-corrected chi connectivity index (χ2v) is 4.45. The maximum Gasteiger partial charge on any atom is 0.318 e. The van der Waals surface area contributed by atoms with Gasteiger partial charge in [0.1, 0.15) is 11.6 Å². The van der Waals surface area contributed by atoms with E-state index in [4.69, 9.17) is 0 Å². The van der Waals surface area contributed by atoms with Crippen molar-refractivity contribution in [2.45, 2.75) is 6.54 Å². The van der Waals surface area contributed by atoms with Crippen molar-refractivity contribution in [2.75, 3.05) is 17.7 Å². The van der Waals surface area contributed by atoms with Crippen LogP contribution in [0.2, 0.25) is 0 Å². The van der Waals surface area contributed by atoms with E-state index in [0.717, 1.165) is 11.8 Å². The first-order chi connectivity index (χ1) is 10.1. The van der Waals surface area contributed by atoms with Gasteiger partial charge in [-0.2, -0.15) is 0 Å². The molecule has 0 bridgehead atoms. The number of hydrogen-bond donors (Lipinski definition) is 4. The summed E-state index contributed by atoms with van der Waals surface area (Å²) in [6.07, 6.45) is 0. The zero-order valence-corrected chi connectivity index (χ0v) is 11.5. The van der Waals surface area contributed by atoms with Crippen LogP contribution in [0.3, 0.4) is 0 Å². The molecule has 0 unspecified atom stereocenters. The van der Waals surface area contributed by atoms with Crippen LogP contribution in [0.1, 0.15) is 5.56 Å². The Hall–Kier alpha value is -2.76. The molecule has 0 fully saturated rings. The number of amides is 2. The first-order valence-electron chi connectivity index (χ1n) is 6.38. The molecule has 2 rings (SSSR count). The van der Waals surface area contributed by atoms with Crippen molar-refractivity contribution in [1.29, 1.82) is 0 Å². The molecule has 0 aromatic heterocycles. The molecule has 2 amide bonds. The zero-order valence-electron chi connectivity index (χ0n) is 11.5. The van der Waals surface area contributed by atoms with Crippen molar-refractivity contribution in [3.8, 4) is 5.75 Å². The summed E-state index contributed by atoms with van der Waals surface area (Å²) in [6.45, 7) is 0.382. The third-order valence-electron chi connectivity index (χ3n) is 2.81. The smallest absolute Gasteiger partial charge is 0.318 e. The van der Waals surface area contributed by atoms with E-state index in [1.54, 1.807) is 31.3 Å². The number of carbonyl (C=O) groups excluding carboxylic acids is 1. The molecular weight excluding hydrogens is 273 g/mol. The van der Waals surface area contributed by atoms with E-state index in [2.05, 4.69) is 16.0 Å². The standard InChI is InChI=1S/C15H16FN3O2/c1-17-15(21)19-13-4-2-12(3-5-13)18-9-10-6-11(16)8-14(20)7-10/h2-8,18,20H,9H2,1H3,(H2,17,19,21). The number of rotatable bonds is 4. The fourth-order valence-electron chi connectivity index (χ4n) is 1.80. The molecule has 6 heteroatoms. The van der Waals surface area contributed by atoms with Crippen molar-refractivity contribution in [3.05, 3.63) is 53.8 Å². The molecule has 2 aromatic rings. The van der Waals surface area contributed by atoms with E-state index in [9.17, 15) is 14.3 Å². The number of hydrogen-bond acceptors (Lipinski definition) is 3. The molecule has 0 atom stereocenters. The molecule has 5 nitrogen and oxygen atoms in total. The maximum atomic E-state index is 13.1. The predicted molar refractivity (Wildman–Crippen MR) is 79.9 cm³/mol. The number of nitrogens with one attached hydrogen (secondary N) is 3. The molecule has 0 saturated carbocycles. The Morgan fingerprint density at radius 3 is 2.43 bits per heavy atom. The van der Waals surface area contributed by atoms with Crippen molar-refractivity contribution >= 4 is 17.4 Å². The summed E-state index contributed by atoms with van der Waals surface area (Å²) in [5.74, 6) is -0.575. The summed E-state index contributed by atoms with van der Waals surface area (Å²) in [5, 5.41) is 17.5. The SMILES string of the molecule is CNC(=O)Nc1ccc(NCc2cc(O)cc(F)c2)cc1. The van der Waals surface area contributed by atoms with Crippen LogP contribution in [0.25, 0.3) is 0 Å². The van der Waals surface area contributed by atoms with E-state index in [0.29, 0.717) is 17.8 Å². The molecule has 4 N–H and O–H groups in total. The second-order valence-electron chi connectivity index (χ2n) is 4.45. The van der Waals surface area contributed by atoms with Crippen molar-refractivity contribution in [1.82, 2.24) is 5.32 Å². The summed E-state index contributed by atoms with van der Waals surface area (Å²) in [6, 6.07) is 10.7. The Labute approximate surface area is 121 Å². The maximum absolute atomic E-state index is 13.1. The number of benzene rings is 2. The summed E-state index contributed by atoms with van der Waals surface area (Å²) in [7, 11) is 1.54. The minimum Gasteiger partial charge on any atom is -0.508 e. The number of aromatic hydroxyl groups is 1. The molecular formula is C15H16FN3O2. The highest BCUT2D eigenvalue weighted by Gasteiger charge is 2.01. The zero-order chi connectivity index (χ0) is 15.2. The normalized spacial score (nSPS) is 10.0. The van der Waals surface area contributed by atoms with Crippen LogP contribution in [-0.2, 0) is 6.54 Å². The molecule has 21 heavy (non-hydrogen) atoms. The monoisotopic (exact) mass is 289 g/mol. The number of halogens is 1. The van der Waals surface area contributed by atoms with E-state index in [1.165, 1.54) is 12.1 Å². The van der Waals surface area contributed by atoms with Gasteiger partial charge in [0.2, 0.25) is 0 Å². The minimum absolute atomic E-state index is 0.100. The first-order valence-corrected chi connectivity index (χ1v) is 6.38. The Balaban J connectivity index is 1.95. The number of carbonyl (C=O) groups is 1. The van der Waals surface area contributed by atoms with Gasteiger partial charge in [0.25, 0.3) is 0 Å². The molecule has 0 aliphatic carbocycles. The second kappa shape index (κ2) is 6.60. The van der Waals surface area contributed by atoms with Gasteiger partial charge >= 0.3 is 6.03 Å². The molecule has 0 radical (unpaired) electrons. The summed E-state index contributed by atoms with van der Waals surface area (Å²) in [5.41, 5.74) is 2.13. The Morgan fingerprint density at radius 1 is 1.14 bits per heavy atom. The Kier molecular flexibility index (Phi) is 4.61. The highest BCUT2D eigenvalue weighted by molar-refractivity contribution is 5.89. The van der Waals surface area contributed by atoms with Gasteiger partial charge in [-0.3, -0.25) is 0 Å². The number of anilines is 2.